The van der Waals surface area contributed by atoms with Crippen LogP contribution in [0.25, 0.3) is 0 Å². The zero-order valence-corrected chi connectivity index (χ0v) is 21.6. The van der Waals surface area contributed by atoms with Gasteiger partial charge in [0, 0.05) is 50.5 Å². The molecule has 0 radical (unpaired) electrons. The van der Waals surface area contributed by atoms with Crippen molar-refractivity contribution in [1.82, 2.24) is 14.6 Å². The lowest BCUT2D eigenvalue weighted by Crippen LogP contribution is -2.47. The maximum Gasteiger partial charge on any atom is 0.254 e. The number of benzene rings is 1. The third-order valence-electron chi connectivity index (χ3n) is 5.53. The van der Waals surface area contributed by atoms with Crippen LogP contribution in [0.1, 0.15) is 40.9 Å². The second-order valence-electron chi connectivity index (χ2n) is 7.61. The predicted octanol–water partition coefficient (Wildman–Crippen LogP) is 1.49. The summed E-state index contributed by atoms with van der Waals surface area (Å²) in [4.78, 5) is 19.9. The number of hydrogen-bond acceptors (Lipinski definition) is 11. The van der Waals surface area contributed by atoms with Gasteiger partial charge < -0.3 is 14.2 Å². The molecule has 1 aromatic carbocycles. The fraction of sp³-hybridized carbons (Fsp3) is 0.450. The van der Waals surface area contributed by atoms with E-state index in [-0.39, 0.29) is 40.2 Å². The summed E-state index contributed by atoms with van der Waals surface area (Å²) in [6.45, 7) is 2.28. The monoisotopic (exact) mass is 548 g/mol. The summed E-state index contributed by atoms with van der Waals surface area (Å²) in [5.41, 5.74) is 1.03. The molecule has 12 nitrogen and oxygen atoms in total. The minimum atomic E-state index is -3.88. The molecule has 2 atom stereocenters. The lowest BCUT2D eigenvalue weighted by molar-refractivity contribution is -0.497. The van der Waals surface area contributed by atoms with Gasteiger partial charge in [-0.25, -0.2) is 13.3 Å². The Bertz CT molecular complexity index is 1130. The molecule has 2 heterocycles. The van der Waals surface area contributed by atoms with E-state index in [4.69, 9.17) is 25.1 Å². The van der Waals surface area contributed by atoms with Gasteiger partial charge in [0.25, 0.3) is 15.9 Å². The normalized spacial score (nSPS) is 18.4. The average molecular weight is 549 g/mol. The first-order valence-electron chi connectivity index (χ1n) is 10.6. The predicted molar refractivity (Wildman–Crippen MR) is 126 cm³/mol. The van der Waals surface area contributed by atoms with Gasteiger partial charge in [-0.1, -0.05) is 29.5 Å². The summed E-state index contributed by atoms with van der Waals surface area (Å²) in [5, 5.41) is 22.9. The standard InChI is InChI=1S/C20H28N4O8S3/c1-3-23(19(25)15-8-5-4-7-14(15)13-32-24(26)27)17-12-22(9-6-10-31-2)35(29,30)20-16(17)11-18(33-20)34(21)28/h4-5,7-8,11,17,26-27H,3,6,9-10,12-13,21H2,1-2H3/t17-,34?/m0/s1. The molecule has 1 aromatic heterocycles. The average Bonchev–Trinajstić information content (AvgIpc) is 3.28. The number of sulfonamides is 1. The zero-order valence-electron chi connectivity index (χ0n) is 19.2. The van der Waals surface area contributed by atoms with Crippen molar-refractivity contribution >= 4 is 38.6 Å². The molecule has 0 bridgehead atoms. The van der Waals surface area contributed by atoms with E-state index in [1.807, 2.05) is 0 Å². The van der Waals surface area contributed by atoms with Crippen molar-refractivity contribution in [2.75, 3.05) is 33.4 Å². The van der Waals surface area contributed by atoms with Crippen LogP contribution in [0.4, 0.5) is 0 Å². The van der Waals surface area contributed by atoms with Crippen LogP contribution in [0, 0.1) is 0 Å². The molecular formula is C20H28N4O8S3. The summed E-state index contributed by atoms with van der Waals surface area (Å²) in [6.07, 6.45) is 0.456. The second-order valence-corrected chi connectivity index (χ2v) is 12.1. The molecule has 1 aliphatic heterocycles. The van der Waals surface area contributed by atoms with Gasteiger partial charge in [0.1, 0.15) is 4.21 Å². The van der Waals surface area contributed by atoms with E-state index in [9.17, 15) is 17.8 Å². The molecule has 1 unspecified atom stereocenters. The number of amides is 1. The largest absolute Gasteiger partial charge is 0.592 e. The SMILES string of the molecule is CCN(C(=O)c1ccccc1CON(O)O)[C@H]1CN(CCCOC)S(=O)(=O)c2sc([S+](N)[O-])cc21. The fourth-order valence-electron chi connectivity index (χ4n) is 3.91. The van der Waals surface area contributed by atoms with Gasteiger partial charge in [-0.15, -0.1) is 5.14 Å². The molecule has 3 rings (SSSR count). The molecule has 0 aliphatic carbocycles. The zero-order chi connectivity index (χ0) is 25.8. The Morgan fingerprint density at radius 1 is 1.37 bits per heavy atom. The van der Waals surface area contributed by atoms with Crippen molar-refractivity contribution in [2.45, 2.75) is 34.4 Å². The van der Waals surface area contributed by atoms with Gasteiger partial charge in [0.05, 0.1) is 29.4 Å². The minimum absolute atomic E-state index is 0.00569. The highest BCUT2D eigenvalue weighted by molar-refractivity contribution is 7.94. The van der Waals surface area contributed by atoms with E-state index in [2.05, 4.69) is 0 Å². The number of carbonyl (C=O) groups excluding carboxylic acids is 1. The molecule has 35 heavy (non-hydrogen) atoms. The van der Waals surface area contributed by atoms with Crippen molar-refractivity contribution in [2.24, 2.45) is 5.14 Å². The Kier molecular flexibility index (Phi) is 9.64. The molecule has 1 aliphatic rings. The summed E-state index contributed by atoms with van der Waals surface area (Å²) in [6, 6.07) is 7.35. The van der Waals surface area contributed by atoms with Crippen LogP contribution in [0.5, 0.6) is 0 Å². The third kappa shape index (κ3) is 6.20. The van der Waals surface area contributed by atoms with Crippen molar-refractivity contribution in [3.05, 3.63) is 47.0 Å². The molecule has 0 saturated heterocycles. The Morgan fingerprint density at radius 2 is 2.09 bits per heavy atom. The highest BCUT2D eigenvalue weighted by atomic mass is 32.3. The Balaban J connectivity index is 2.03. The minimum Gasteiger partial charge on any atom is -0.592 e. The number of nitrogens with two attached hydrogens (primary N) is 1. The molecule has 0 fully saturated rings. The fourth-order valence-corrected chi connectivity index (χ4v) is 8.01. The molecule has 1 amide bonds. The molecule has 2 aromatic rings. The maximum atomic E-state index is 13.7. The second kappa shape index (κ2) is 12.1. The van der Waals surface area contributed by atoms with Crippen molar-refractivity contribution in [3.8, 4) is 0 Å². The lowest BCUT2D eigenvalue weighted by atomic mass is 10.0. The van der Waals surface area contributed by atoms with E-state index >= 15 is 0 Å². The van der Waals surface area contributed by atoms with Gasteiger partial charge in [-0.05, 0) is 25.0 Å². The topological polar surface area (TPSA) is 169 Å². The van der Waals surface area contributed by atoms with Crippen molar-refractivity contribution in [3.63, 3.8) is 0 Å². The number of fused-ring (bicyclic) bond motifs is 1. The van der Waals surface area contributed by atoms with Crippen LogP contribution in [0.3, 0.4) is 0 Å². The number of ether oxygens (including phenoxy) is 1. The first-order valence-corrected chi connectivity index (χ1v) is 14.1. The summed E-state index contributed by atoms with van der Waals surface area (Å²) in [5.74, 6) is -0.400. The molecule has 0 saturated carbocycles. The number of rotatable bonds is 11. The first-order chi connectivity index (χ1) is 16.6. The Hall–Kier alpha value is -1.63. The van der Waals surface area contributed by atoms with Crippen LogP contribution in [0.15, 0.2) is 38.8 Å². The maximum absolute atomic E-state index is 13.7. The van der Waals surface area contributed by atoms with Gasteiger partial charge >= 0.3 is 0 Å². The van der Waals surface area contributed by atoms with E-state index < -0.39 is 38.7 Å². The van der Waals surface area contributed by atoms with Gasteiger partial charge in [-0.3, -0.25) is 15.2 Å². The molecule has 4 N–H and O–H groups in total. The Labute approximate surface area is 210 Å². The summed E-state index contributed by atoms with van der Waals surface area (Å²) >= 11 is -1.05. The number of thiophene rings is 1. The number of methoxy groups -OCH3 is 1. The molecule has 15 heteroatoms. The number of carbonyl (C=O) groups is 1. The lowest BCUT2D eigenvalue weighted by Gasteiger charge is -2.38. The highest BCUT2D eigenvalue weighted by Gasteiger charge is 2.43. The molecule has 0 spiro atoms. The Morgan fingerprint density at radius 3 is 2.71 bits per heavy atom. The summed E-state index contributed by atoms with van der Waals surface area (Å²) < 4.78 is 45.2. The third-order valence-corrected chi connectivity index (χ3v) is 10.1. The van der Waals surface area contributed by atoms with E-state index in [0.29, 0.717) is 24.2 Å². The smallest absolute Gasteiger partial charge is 0.254 e. The molecule has 194 valence electrons. The van der Waals surface area contributed by atoms with Crippen LogP contribution in [0.2, 0.25) is 0 Å². The summed E-state index contributed by atoms with van der Waals surface area (Å²) in [7, 11) is -2.35. The quantitative estimate of drug-likeness (QED) is 0.212. The van der Waals surface area contributed by atoms with Crippen LogP contribution < -0.4 is 5.14 Å². The number of nitrogens with zero attached hydrogens (tertiary/aromatic N) is 3. The van der Waals surface area contributed by atoms with Crippen LogP contribution in [-0.4, -0.2) is 77.2 Å². The van der Waals surface area contributed by atoms with E-state index in [1.54, 1.807) is 31.2 Å². The molecular weight excluding hydrogens is 520 g/mol. The van der Waals surface area contributed by atoms with Crippen LogP contribution >= 0.6 is 11.3 Å². The van der Waals surface area contributed by atoms with Gasteiger partial charge in [-0.2, -0.15) is 4.31 Å². The van der Waals surface area contributed by atoms with Crippen molar-refractivity contribution < 1.29 is 37.8 Å². The van der Waals surface area contributed by atoms with E-state index in [0.717, 1.165) is 11.3 Å². The van der Waals surface area contributed by atoms with E-state index in [1.165, 1.54) is 22.4 Å². The number of likely N-dealkylation sites (N-methyl/N-ethyl adjacent to an activating group) is 1. The first kappa shape index (κ1) is 27.9. The van der Waals surface area contributed by atoms with Crippen molar-refractivity contribution in [1.29, 1.82) is 0 Å². The number of hydrogen-bond donors (Lipinski definition) is 3. The van der Waals surface area contributed by atoms with Crippen LogP contribution in [-0.2, 0) is 37.6 Å². The van der Waals surface area contributed by atoms with Gasteiger partial charge in [0.2, 0.25) is 4.21 Å². The van der Waals surface area contributed by atoms with Gasteiger partial charge in [0.15, 0.2) is 0 Å². The highest BCUT2D eigenvalue weighted by Crippen LogP contribution is 2.42.